The van der Waals surface area contributed by atoms with E-state index in [9.17, 15) is 14.0 Å². The second-order valence-electron chi connectivity index (χ2n) is 9.02. The molecule has 1 atom stereocenters. The Labute approximate surface area is 213 Å². The molecule has 5 rings (SSSR count). The minimum absolute atomic E-state index is 0.212. The highest BCUT2D eigenvalue weighted by atomic mass is 19.1. The van der Waals surface area contributed by atoms with Gasteiger partial charge < -0.3 is 25.7 Å². The van der Waals surface area contributed by atoms with Crippen LogP contribution in [-0.2, 0) is 16.0 Å². The van der Waals surface area contributed by atoms with Crippen LogP contribution in [0.1, 0.15) is 33.6 Å². The Kier molecular flexibility index (Phi) is 6.51. The molecule has 1 aromatic carbocycles. The number of rotatable bonds is 5. The van der Waals surface area contributed by atoms with Gasteiger partial charge in [-0.2, -0.15) is 0 Å². The highest BCUT2D eigenvalue weighted by molar-refractivity contribution is 6.06. The molecule has 37 heavy (non-hydrogen) atoms. The zero-order valence-electron chi connectivity index (χ0n) is 20.3. The van der Waals surface area contributed by atoms with Crippen molar-refractivity contribution in [2.24, 2.45) is 0 Å². The molecule has 2 aliphatic rings. The molecule has 1 saturated heterocycles. The van der Waals surface area contributed by atoms with Gasteiger partial charge in [-0.25, -0.2) is 4.39 Å². The molecular weight excluding hydrogens is 473 g/mol. The number of halogens is 1. The molecule has 0 aliphatic carbocycles. The van der Waals surface area contributed by atoms with Gasteiger partial charge in [-0.1, -0.05) is 24.5 Å². The average Bonchev–Trinajstić information content (AvgIpc) is 3.51. The van der Waals surface area contributed by atoms with E-state index in [-0.39, 0.29) is 24.2 Å². The number of aromatic amines is 1. The number of benzene rings is 1. The van der Waals surface area contributed by atoms with E-state index in [0.717, 1.165) is 5.69 Å². The standard InChI is InChI=1S/C28H26FN5O3/c1-3-23(35)34-28(11-14-37-16-28)10-7-18-15-30-12-8-19(18)25-26(24-22(33-25)9-13-31-27(24)36)32-21-6-4-5-20(29)17(21)2/h3-6,8,12,15,32-33H,1,9,11,13-14,16H2,2H3,(H,31,36)(H,34,35)/t28-/m1/s1. The van der Waals surface area contributed by atoms with Crippen molar-refractivity contribution >= 4 is 23.2 Å². The number of fused-ring (bicyclic) bond motifs is 1. The summed E-state index contributed by atoms with van der Waals surface area (Å²) in [6.45, 7) is 6.45. The Bertz CT molecular complexity index is 1460. The van der Waals surface area contributed by atoms with Crippen LogP contribution in [0.15, 0.2) is 49.3 Å². The Morgan fingerprint density at radius 3 is 3.00 bits per heavy atom. The monoisotopic (exact) mass is 499 g/mol. The minimum atomic E-state index is -0.840. The highest BCUT2D eigenvalue weighted by Crippen LogP contribution is 2.38. The average molecular weight is 500 g/mol. The van der Waals surface area contributed by atoms with E-state index in [1.165, 1.54) is 12.1 Å². The molecule has 3 aromatic rings. The number of nitrogens with zero attached hydrogens (tertiary/aromatic N) is 1. The van der Waals surface area contributed by atoms with Gasteiger partial charge in [0.2, 0.25) is 5.91 Å². The molecule has 0 spiro atoms. The largest absolute Gasteiger partial charge is 0.378 e. The van der Waals surface area contributed by atoms with Crippen molar-refractivity contribution in [1.29, 1.82) is 0 Å². The van der Waals surface area contributed by atoms with Crippen LogP contribution in [0, 0.1) is 24.6 Å². The van der Waals surface area contributed by atoms with Crippen LogP contribution in [0.5, 0.6) is 0 Å². The number of hydrogen-bond acceptors (Lipinski definition) is 5. The topological polar surface area (TPSA) is 108 Å². The van der Waals surface area contributed by atoms with Crippen molar-refractivity contribution in [3.05, 3.63) is 77.5 Å². The van der Waals surface area contributed by atoms with E-state index < -0.39 is 5.54 Å². The maximum Gasteiger partial charge on any atom is 0.255 e. The number of pyridine rings is 1. The quantitative estimate of drug-likeness (QED) is 0.318. The summed E-state index contributed by atoms with van der Waals surface area (Å²) in [6, 6.07) is 6.59. The summed E-state index contributed by atoms with van der Waals surface area (Å²) in [5.41, 5.74) is 3.91. The van der Waals surface area contributed by atoms with Crippen molar-refractivity contribution in [2.75, 3.05) is 25.1 Å². The molecule has 0 saturated carbocycles. The Morgan fingerprint density at radius 2 is 2.22 bits per heavy atom. The molecule has 8 nitrogen and oxygen atoms in total. The minimum Gasteiger partial charge on any atom is -0.378 e. The molecule has 0 bridgehead atoms. The molecule has 2 aliphatic heterocycles. The smallest absolute Gasteiger partial charge is 0.255 e. The van der Waals surface area contributed by atoms with Gasteiger partial charge in [-0.3, -0.25) is 14.6 Å². The fourth-order valence-electron chi connectivity index (χ4n) is 4.56. The number of aromatic nitrogens is 2. The highest BCUT2D eigenvalue weighted by Gasteiger charge is 2.34. The van der Waals surface area contributed by atoms with Gasteiger partial charge in [-0.15, -0.1) is 0 Å². The Morgan fingerprint density at radius 1 is 1.35 bits per heavy atom. The maximum atomic E-state index is 14.3. The van der Waals surface area contributed by atoms with Crippen molar-refractivity contribution in [2.45, 2.75) is 25.3 Å². The van der Waals surface area contributed by atoms with Crippen LogP contribution < -0.4 is 16.0 Å². The van der Waals surface area contributed by atoms with Crippen LogP contribution in [-0.4, -0.2) is 47.1 Å². The van der Waals surface area contributed by atoms with E-state index in [0.29, 0.717) is 65.3 Å². The predicted molar refractivity (Wildman–Crippen MR) is 138 cm³/mol. The fourth-order valence-corrected chi connectivity index (χ4v) is 4.56. The number of ether oxygens (including phenoxy) is 1. The number of amides is 2. The van der Waals surface area contributed by atoms with Gasteiger partial charge in [0, 0.05) is 54.3 Å². The fraction of sp³-hybridized carbons (Fsp3) is 0.250. The third-order valence-corrected chi connectivity index (χ3v) is 6.59. The number of hydrogen-bond donors (Lipinski definition) is 4. The van der Waals surface area contributed by atoms with Crippen LogP contribution in [0.4, 0.5) is 15.8 Å². The summed E-state index contributed by atoms with van der Waals surface area (Å²) < 4.78 is 19.8. The number of anilines is 2. The first-order valence-corrected chi connectivity index (χ1v) is 12.0. The van der Waals surface area contributed by atoms with Gasteiger partial charge in [-0.05, 0) is 31.2 Å². The van der Waals surface area contributed by atoms with Crippen molar-refractivity contribution in [3.63, 3.8) is 0 Å². The predicted octanol–water partition coefficient (Wildman–Crippen LogP) is 3.37. The number of carbonyl (C=O) groups excluding carboxylic acids is 2. The molecule has 9 heteroatoms. The van der Waals surface area contributed by atoms with Gasteiger partial charge in [0.25, 0.3) is 5.91 Å². The summed E-state index contributed by atoms with van der Waals surface area (Å²) in [4.78, 5) is 32.6. The molecule has 0 unspecified atom stereocenters. The molecule has 2 aromatic heterocycles. The first-order chi connectivity index (χ1) is 17.9. The number of carbonyl (C=O) groups is 2. The molecule has 4 heterocycles. The molecule has 1 fully saturated rings. The summed E-state index contributed by atoms with van der Waals surface area (Å²) in [6.07, 6.45) is 5.65. The van der Waals surface area contributed by atoms with Crippen molar-refractivity contribution in [3.8, 4) is 23.1 Å². The number of H-pyrrole nitrogens is 1. The zero-order chi connectivity index (χ0) is 26.0. The van der Waals surface area contributed by atoms with Gasteiger partial charge >= 0.3 is 0 Å². The van der Waals surface area contributed by atoms with Crippen LogP contribution in [0.3, 0.4) is 0 Å². The number of nitrogens with one attached hydrogen (secondary N) is 4. The molecule has 0 radical (unpaired) electrons. The van der Waals surface area contributed by atoms with Crippen LogP contribution in [0.2, 0.25) is 0 Å². The maximum absolute atomic E-state index is 14.3. The lowest BCUT2D eigenvalue weighted by Crippen LogP contribution is -2.47. The van der Waals surface area contributed by atoms with Gasteiger partial charge in [0.05, 0.1) is 35.7 Å². The molecular formula is C28H26FN5O3. The summed E-state index contributed by atoms with van der Waals surface area (Å²) in [5.74, 6) is 5.48. The molecule has 188 valence electrons. The van der Waals surface area contributed by atoms with Gasteiger partial charge in [0.1, 0.15) is 11.4 Å². The summed E-state index contributed by atoms with van der Waals surface area (Å²) >= 11 is 0. The molecule has 4 N–H and O–H groups in total. The lowest BCUT2D eigenvalue weighted by molar-refractivity contribution is -0.117. The van der Waals surface area contributed by atoms with E-state index in [2.05, 4.69) is 44.3 Å². The van der Waals surface area contributed by atoms with Crippen LogP contribution >= 0.6 is 0 Å². The van der Waals surface area contributed by atoms with Gasteiger partial charge in [0.15, 0.2) is 0 Å². The second-order valence-corrected chi connectivity index (χ2v) is 9.02. The Hall–Kier alpha value is -4.42. The zero-order valence-corrected chi connectivity index (χ0v) is 20.3. The summed E-state index contributed by atoms with van der Waals surface area (Å²) in [7, 11) is 0. The molecule has 2 amide bonds. The first kappa shape index (κ1) is 24.3. The third kappa shape index (κ3) is 4.71. The van der Waals surface area contributed by atoms with Crippen molar-refractivity contribution in [1.82, 2.24) is 20.6 Å². The first-order valence-electron chi connectivity index (χ1n) is 12.0. The summed E-state index contributed by atoms with van der Waals surface area (Å²) in [5, 5.41) is 9.07. The Balaban J connectivity index is 1.62. The second kappa shape index (κ2) is 9.91. The third-order valence-electron chi connectivity index (χ3n) is 6.59. The van der Waals surface area contributed by atoms with Crippen LogP contribution in [0.25, 0.3) is 11.3 Å². The van der Waals surface area contributed by atoms with E-state index in [1.807, 2.05) is 6.07 Å². The van der Waals surface area contributed by atoms with E-state index in [1.54, 1.807) is 31.5 Å². The van der Waals surface area contributed by atoms with Crippen molar-refractivity contribution < 1.29 is 18.7 Å². The SMILES string of the molecule is C=CC(=O)N[C@]1(C#Cc2cnccc2-c2[nH]c3c(c2Nc2cccc(F)c2C)C(=O)NCC3)CCOC1. The lowest BCUT2D eigenvalue weighted by Gasteiger charge is -2.21. The normalized spacial score (nSPS) is 18.3. The lowest BCUT2D eigenvalue weighted by atomic mass is 9.97. The van der Waals surface area contributed by atoms with E-state index >= 15 is 0 Å². The van der Waals surface area contributed by atoms with E-state index in [4.69, 9.17) is 4.74 Å².